The van der Waals surface area contributed by atoms with Crippen LogP contribution in [-0.2, 0) is 0 Å². The van der Waals surface area contributed by atoms with Gasteiger partial charge in [0.2, 0.25) is 0 Å². The molecular weight excluding hydrogens is 384 g/mol. The van der Waals surface area contributed by atoms with Gasteiger partial charge >= 0.3 is 0 Å². The average Bonchev–Trinajstić information content (AvgIpc) is 3.38. The largest absolute Gasteiger partial charge is 0.451 e. The molecule has 1 aliphatic heterocycles. The molecule has 6 nitrogen and oxygen atoms in total. The molecule has 1 aliphatic rings. The number of nitrogens with one attached hydrogen (secondary N) is 2. The summed E-state index contributed by atoms with van der Waals surface area (Å²) < 4.78 is 6.60. The zero-order valence-corrected chi connectivity index (χ0v) is 15.7. The van der Waals surface area contributed by atoms with Crippen molar-refractivity contribution in [3.05, 3.63) is 59.9 Å². The van der Waals surface area contributed by atoms with Gasteiger partial charge in [-0.05, 0) is 30.3 Å². The van der Waals surface area contributed by atoms with Gasteiger partial charge in [-0.3, -0.25) is 15.1 Å². The van der Waals surface area contributed by atoms with Gasteiger partial charge in [0.25, 0.3) is 5.91 Å². The van der Waals surface area contributed by atoms with Crippen molar-refractivity contribution in [2.24, 2.45) is 4.99 Å². The van der Waals surface area contributed by atoms with Crippen LogP contribution < -0.4 is 10.6 Å². The van der Waals surface area contributed by atoms with E-state index in [1.54, 1.807) is 6.07 Å². The minimum Gasteiger partial charge on any atom is -0.451 e. The molecule has 4 aromatic rings. The van der Waals surface area contributed by atoms with Gasteiger partial charge in [0.1, 0.15) is 11.4 Å². The van der Waals surface area contributed by atoms with E-state index in [-0.39, 0.29) is 24.1 Å². The number of aromatic nitrogens is 1. The normalized spacial score (nSPS) is 13.3. The quantitative estimate of drug-likeness (QED) is 0.545. The van der Waals surface area contributed by atoms with Gasteiger partial charge in [0.05, 0.1) is 16.8 Å². The molecule has 0 unspecified atom stereocenters. The summed E-state index contributed by atoms with van der Waals surface area (Å²) in [5.74, 6) is 0.881. The molecule has 136 valence electrons. The second kappa shape index (κ2) is 7.02. The smallest absolute Gasteiger partial charge is 0.293 e. The number of anilines is 1. The molecule has 2 aromatic carbocycles. The van der Waals surface area contributed by atoms with Gasteiger partial charge in [0.15, 0.2) is 10.9 Å². The Morgan fingerprint density at radius 3 is 2.89 bits per heavy atom. The highest BCUT2D eigenvalue weighted by atomic mass is 35.5. The summed E-state index contributed by atoms with van der Waals surface area (Å²) in [6.45, 7) is 1.67. The van der Waals surface area contributed by atoms with E-state index >= 15 is 0 Å². The van der Waals surface area contributed by atoms with Crippen LogP contribution in [0.5, 0.6) is 0 Å². The number of aliphatic imine (C=N–C) groups is 1. The van der Waals surface area contributed by atoms with E-state index < -0.39 is 0 Å². The van der Waals surface area contributed by atoms with Crippen molar-refractivity contribution in [1.29, 1.82) is 0 Å². The molecule has 0 saturated heterocycles. The first kappa shape index (κ1) is 17.5. The van der Waals surface area contributed by atoms with E-state index in [4.69, 9.17) is 4.42 Å². The Morgan fingerprint density at radius 2 is 2.07 bits per heavy atom. The van der Waals surface area contributed by atoms with Crippen molar-refractivity contribution in [3.8, 4) is 0 Å². The highest BCUT2D eigenvalue weighted by Crippen LogP contribution is 2.28. The molecule has 0 spiro atoms. The van der Waals surface area contributed by atoms with Crippen LogP contribution in [0.2, 0.25) is 0 Å². The first-order valence-electron chi connectivity index (χ1n) is 8.25. The van der Waals surface area contributed by atoms with E-state index in [1.165, 1.54) is 11.3 Å². The fourth-order valence-corrected chi connectivity index (χ4v) is 3.87. The van der Waals surface area contributed by atoms with Crippen LogP contribution in [0.4, 0.5) is 5.13 Å². The Hall–Kier alpha value is -2.90. The zero-order valence-electron chi connectivity index (χ0n) is 14.1. The van der Waals surface area contributed by atoms with Crippen LogP contribution in [0.25, 0.3) is 21.2 Å². The molecule has 0 atom stereocenters. The number of rotatable bonds is 3. The second-order valence-electron chi connectivity index (χ2n) is 5.96. The Balaban J connectivity index is 0.00000180. The average molecular weight is 399 g/mol. The molecule has 0 aliphatic carbocycles. The van der Waals surface area contributed by atoms with Gasteiger partial charge in [0, 0.05) is 17.5 Å². The molecule has 0 radical (unpaired) electrons. The molecule has 8 heteroatoms. The number of amidine groups is 1. The van der Waals surface area contributed by atoms with Crippen molar-refractivity contribution >= 4 is 61.8 Å². The van der Waals surface area contributed by atoms with Gasteiger partial charge < -0.3 is 9.73 Å². The number of furan rings is 1. The summed E-state index contributed by atoms with van der Waals surface area (Å²) in [6.07, 6.45) is 0. The van der Waals surface area contributed by atoms with Gasteiger partial charge in [-0.2, -0.15) is 0 Å². The Bertz CT molecular complexity index is 1150. The lowest BCUT2D eigenvalue weighted by atomic mass is 10.2. The van der Waals surface area contributed by atoms with Gasteiger partial charge in [-0.15, -0.1) is 12.4 Å². The molecule has 27 heavy (non-hydrogen) atoms. The Morgan fingerprint density at radius 1 is 1.19 bits per heavy atom. The van der Waals surface area contributed by atoms with Crippen LogP contribution in [0.1, 0.15) is 16.1 Å². The van der Waals surface area contributed by atoms with E-state index in [1.807, 2.05) is 42.5 Å². The van der Waals surface area contributed by atoms with E-state index in [0.717, 1.165) is 40.1 Å². The minimum absolute atomic E-state index is 0. The molecule has 0 bridgehead atoms. The maximum absolute atomic E-state index is 12.5. The standard InChI is InChI=1S/C19H14N4O2S.ClH/c24-18(15-9-11-3-1-2-4-14(11)25-15)23-19-22-13-6-5-12(10-16(13)26-19)17-20-7-8-21-17;/h1-6,9-10H,7-8H2,(H,20,21)(H,22,23,24);1H. The molecular formula is C19H15ClN4O2S. The van der Waals surface area contributed by atoms with Crippen LogP contribution >= 0.6 is 23.7 Å². The monoisotopic (exact) mass is 398 g/mol. The minimum atomic E-state index is -0.303. The third-order valence-electron chi connectivity index (χ3n) is 4.21. The zero-order chi connectivity index (χ0) is 17.5. The Kier molecular flexibility index (Phi) is 4.55. The molecule has 0 fully saturated rings. The van der Waals surface area contributed by atoms with Crippen molar-refractivity contribution < 1.29 is 9.21 Å². The lowest BCUT2D eigenvalue weighted by Gasteiger charge is -2.01. The summed E-state index contributed by atoms with van der Waals surface area (Å²) in [5, 5.41) is 7.53. The number of amides is 1. The number of para-hydroxylation sites is 1. The van der Waals surface area contributed by atoms with Crippen molar-refractivity contribution in [2.75, 3.05) is 18.4 Å². The predicted octanol–water partition coefficient (Wildman–Crippen LogP) is 4.07. The second-order valence-corrected chi connectivity index (χ2v) is 6.99. The SMILES string of the molecule is Cl.O=C(Nc1nc2ccc(C3=NCCN3)cc2s1)c1cc2ccccc2o1. The summed E-state index contributed by atoms with van der Waals surface area (Å²) in [6, 6.07) is 15.3. The number of hydrogen-bond acceptors (Lipinski definition) is 6. The highest BCUT2D eigenvalue weighted by Gasteiger charge is 2.15. The fourth-order valence-electron chi connectivity index (χ4n) is 2.97. The number of nitrogens with zero attached hydrogens (tertiary/aromatic N) is 2. The third-order valence-corrected chi connectivity index (χ3v) is 5.14. The van der Waals surface area contributed by atoms with Crippen LogP contribution in [0, 0.1) is 0 Å². The first-order chi connectivity index (χ1) is 12.8. The number of hydrogen-bond donors (Lipinski definition) is 2. The lowest BCUT2D eigenvalue weighted by molar-refractivity contribution is 0.0998. The number of carbonyl (C=O) groups is 1. The number of halogens is 1. The Labute approximate surface area is 164 Å². The van der Waals surface area contributed by atoms with Crippen LogP contribution in [-0.4, -0.2) is 29.8 Å². The topological polar surface area (TPSA) is 79.5 Å². The van der Waals surface area contributed by atoms with Crippen molar-refractivity contribution in [1.82, 2.24) is 10.3 Å². The lowest BCUT2D eigenvalue weighted by Crippen LogP contribution is -2.19. The van der Waals surface area contributed by atoms with E-state index in [2.05, 4.69) is 20.6 Å². The van der Waals surface area contributed by atoms with Crippen LogP contribution in [0.15, 0.2) is 57.9 Å². The summed E-state index contributed by atoms with van der Waals surface area (Å²) in [5.41, 5.74) is 2.57. The number of thiazole rings is 1. The predicted molar refractivity (Wildman–Crippen MR) is 110 cm³/mol. The molecule has 2 N–H and O–H groups in total. The first-order valence-corrected chi connectivity index (χ1v) is 9.07. The summed E-state index contributed by atoms with van der Waals surface area (Å²) >= 11 is 1.43. The molecule has 2 aromatic heterocycles. The van der Waals surface area contributed by atoms with Crippen LogP contribution in [0.3, 0.4) is 0 Å². The number of benzene rings is 2. The molecule has 1 amide bonds. The van der Waals surface area contributed by atoms with E-state index in [9.17, 15) is 4.79 Å². The fraction of sp³-hybridized carbons (Fsp3) is 0.105. The highest BCUT2D eigenvalue weighted by molar-refractivity contribution is 7.22. The van der Waals surface area contributed by atoms with E-state index in [0.29, 0.717) is 10.7 Å². The third kappa shape index (κ3) is 3.27. The maximum atomic E-state index is 12.5. The summed E-state index contributed by atoms with van der Waals surface area (Å²) in [7, 11) is 0. The van der Waals surface area contributed by atoms with Gasteiger partial charge in [-0.1, -0.05) is 29.5 Å². The number of fused-ring (bicyclic) bond motifs is 2. The van der Waals surface area contributed by atoms with Crippen molar-refractivity contribution in [2.45, 2.75) is 0 Å². The molecule has 5 rings (SSSR count). The number of carbonyl (C=O) groups excluding carboxylic acids is 1. The molecule has 0 saturated carbocycles. The molecule has 3 heterocycles. The maximum Gasteiger partial charge on any atom is 0.293 e. The summed E-state index contributed by atoms with van der Waals surface area (Å²) in [4.78, 5) is 21.4. The van der Waals surface area contributed by atoms with Crippen molar-refractivity contribution in [3.63, 3.8) is 0 Å². The van der Waals surface area contributed by atoms with Gasteiger partial charge in [-0.25, -0.2) is 4.98 Å².